The Kier molecular flexibility index (Phi) is 6.20. The van der Waals surface area contributed by atoms with Crippen LogP contribution in [0.1, 0.15) is 36.8 Å². The summed E-state index contributed by atoms with van der Waals surface area (Å²) in [5, 5.41) is 11.2. The van der Waals surface area contributed by atoms with Crippen molar-refractivity contribution in [2.45, 2.75) is 32.1 Å². The minimum Gasteiger partial charge on any atom is -0.395 e. The van der Waals surface area contributed by atoms with E-state index in [2.05, 4.69) is 47.4 Å². The molecule has 0 spiro atoms. The lowest BCUT2D eigenvalue weighted by molar-refractivity contribution is 0.0253. The molecular formula is C25H30ClNO. The molecule has 148 valence electrons. The summed E-state index contributed by atoms with van der Waals surface area (Å²) in [5.74, 6) is 0.547. The van der Waals surface area contributed by atoms with Gasteiger partial charge in [-0.15, -0.1) is 0 Å². The zero-order valence-corrected chi connectivity index (χ0v) is 17.2. The molecule has 1 N–H and O–H groups in total. The summed E-state index contributed by atoms with van der Waals surface area (Å²) in [5.41, 5.74) is 3.93. The zero-order valence-electron chi connectivity index (χ0n) is 16.5. The summed E-state index contributed by atoms with van der Waals surface area (Å²) in [6, 6.07) is 18.8. The first-order valence-electron chi connectivity index (χ1n) is 10.5. The molecule has 3 heteroatoms. The summed E-state index contributed by atoms with van der Waals surface area (Å²) in [6.07, 6.45) is 8.14. The largest absolute Gasteiger partial charge is 0.395 e. The molecule has 2 aliphatic rings. The molecule has 1 aliphatic carbocycles. The van der Waals surface area contributed by atoms with Crippen molar-refractivity contribution in [2.75, 3.05) is 26.2 Å². The topological polar surface area (TPSA) is 23.5 Å². The van der Waals surface area contributed by atoms with Gasteiger partial charge in [0.15, 0.2) is 0 Å². The monoisotopic (exact) mass is 395 g/mol. The van der Waals surface area contributed by atoms with Crippen LogP contribution in [-0.2, 0) is 6.42 Å². The normalized spacial score (nSPS) is 26.5. The average molecular weight is 396 g/mol. The van der Waals surface area contributed by atoms with Crippen LogP contribution >= 0.6 is 11.6 Å². The molecule has 0 radical (unpaired) electrons. The molecule has 2 aromatic carbocycles. The number of hydrogen-bond acceptors (Lipinski definition) is 2. The molecule has 2 bridgehead atoms. The zero-order chi connectivity index (χ0) is 19.4. The number of piperidine rings is 1. The third-order valence-electron chi connectivity index (χ3n) is 6.52. The predicted octanol–water partition coefficient (Wildman–Crippen LogP) is 5.45. The summed E-state index contributed by atoms with van der Waals surface area (Å²) in [7, 11) is 0. The molecule has 1 heterocycles. The second-order valence-electron chi connectivity index (χ2n) is 8.51. The van der Waals surface area contributed by atoms with E-state index < -0.39 is 0 Å². The molecule has 1 saturated carbocycles. The van der Waals surface area contributed by atoms with Crippen LogP contribution in [0, 0.1) is 11.3 Å². The second kappa shape index (κ2) is 8.82. The van der Waals surface area contributed by atoms with Gasteiger partial charge in [-0.3, -0.25) is 0 Å². The van der Waals surface area contributed by atoms with E-state index in [4.69, 9.17) is 11.6 Å². The molecule has 28 heavy (non-hydrogen) atoms. The van der Waals surface area contributed by atoms with Crippen LogP contribution in [0.4, 0.5) is 0 Å². The van der Waals surface area contributed by atoms with E-state index in [0.29, 0.717) is 5.92 Å². The molecule has 0 amide bonds. The number of benzene rings is 2. The molecule has 2 fully saturated rings. The van der Waals surface area contributed by atoms with E-state index in [0.717, 1.165) is 43.1 Å². The van der Waals surface area contributed by atoms with Crippen LogP contribution in [0.5, 0.6) is 0 Å². The van der Waals surface area contributed by atoms with Crippen molar-refractivity contribution >= 4 is 17.7 Å². The third-order valence-corrected chi connectivity index (χ3v) is 6.76. The Bertz CT molecular complexity index is 818. The summed E-state index contributed by atoms with van der Waals surface area (Å²) in [6.45, 7) is 3.44. The molecule has 2 atom stereocenters. The fourth-order valence-electron chi connectivity index (χ4n) is 5.17. The Balaban J connectivity index is 1.48. The van der Waals surface area contributed by atoms with Gasteiger partial charge < -0.3 is 10.0 Å². The quantitative estimate of drug-likeness (QED) is 0.702. The maximum absolute atomic E-state index is 10.4. The van der Waals surface area contributed by atoms with Gasteiger partial charge in [0.2, 0.25) is 0 Å². The third kappa shape index (κ3) is 4.35. The number of aliphatic hydroxyl groups excluding tert-OH is 1. The van der Waals surface area contributed by atoms with E-state index >= 15 is 0 Å². The average Bonchev–Trinajstić information content (AvgIpc) is 2.69. The molecule has 4 rings (SSSR count). The van der Waals surface area contributed by atoms with E-state index in [1.54, 1.807) is 0 Å². The number of rotatable bonds is 6. The number of likely N-dealkylation sites (tertiary alicyclic amines) is 1. The highest BCUT2D eigenvalue weighted by molar-refractivity contribution is 6.30. The molecule has 0 aromatic heterocycles. The number of aryl methyl sites for hydroxylation is 1. The Morgan fingerprint density at radius 2 is 2.00 bits per heavy atom. The molecule has 1 aliphatic heterocycles. The number of halogens is 1. The highest BCUT2D eigenvalue weighted by Crippen LogP contribution is 2.49. The van der Waals surface area contributed by atoms with E-state index in [-0.39, 0.29) is 12.0 Å². The standard InChI is InChI=1S/C25H30ClNO/c26-23-12-4-9-21(15-23)16-24-22-11-5-13-25(24,19-28)18-27(17-22)14-6-10-20-7-2-1-3-8-20/h1-4,7-9,12,15-16,22,28H,5-6,10-11,13-14,17-19H2/t22-,25+/m1/s1. The van der Waals surface area contributed by atoms with Crippen molar-refractivity contribution in [3.8, 4) is 0 Å². The van der Waals surface area contributed by atoms with Crippen molar-refractivity contribution < 1.29 is 5.11 Å². The number of aliphatic hydroxyl groups is 1. The van der Waals surface area contributed by atoms with Crippen LogP contribution in [-0.4, -0.2) is 36.2 Å². The smallest absolute Gasteiger partial charge is 0.0537 e. The van der Waals surface area contributed by atoms with Crippen molar-refractivity contribution in [3.63, 3.8) is 0 Å². The van der Waals surface area contributed by atoms with Gasteiger partial charge in [0.25, 0.3) is 0 Å². The minimum absolute atomic E-state index is 0.0871. The van der Waals surface area contributed by atoms with Crippen LogP contribution in [0.3, 0.4) is 0 Å². The summed E-state index contributed by atoms with van der Waals surface area (Å²) >= 11 is 6.20. The lowest BCUT2D eigenvalue weighted by atomic mass is 9.62. The number of hydrogen-bond donors (Lipinski definition) is 1. The highest BCUT2D eigenvalue weighted by atomic mass is 35.5. The molecular weight excluding hydrogens is 366 g/mol. The first kappa shape index (κ1) is 19.7. The molecule has 2 aromatic rings. The maximum Gasteiger partial charge on any atom is 0.0537 e. The Morgan fingerprint density at radius 1 is 1.14 bits per heavy atom. The van der Waals surface area contributed by atoms with Gasteiger partial charge in [-0.05, 0) is 61.4 Å². The first-order valence-corrected chi connectivity index (χ1v) is 10.9. The van der Waals surface area contributed by atoms with E-state index in [9.17, 15) is 5.11 Å². The second-order valence-corrected chi connectivity index (χ2v) is 8.94. The van der Waals surface area contributed by atoms with E-state index in [1.165, 1.54) is 30.4 Å². The lowest BCUT2D eigenvalue weighted by Gasteiger charge is -2.51. The predicted molar refractivity (Wildman–Crippen MR) is 117 cm³/mol. The van der Waals surface area contributed by atoms with Gasteiger partial charge in [0.05, 0.1) is 6.61 Å². The maximum atomic E-state index is 10.4. The molecule has 2 nitrogen and oxygen atoms in total. The molecule has 1 saturated heterocycles. The first-order chi connectivity index (χ1) is 13.7. The van der Waals surface area contributed by atoms with Gasteiger partial charge in [-0.25, -0.2) is 0 Å². The Hall–Kier alpha value is -1.61. The highest BCUT2D eigenvalue weighted by Gasteiger charge is 2.45. The van der Waals surface area contributed by atoms with Crippen molar-refractivity contribution in [1.82, 2.24) is 4.90 Å². The van der Waals surface area contributed by atoms with Gasteiger partial charge in [-0.1, -0.05) is 72.1 Å². The van der Waals surface area contributed by atoms with Crippen molar-refractivity contribution in [1.29, 1.82) is 0 Å². The fraction of sp³-hybridized carbons (Fsp3) is 0.440. The number of fused-ring (bicyclic) bond motifs is 2. The van der Waals surface area contributed by atoms with Crippen LogP contribution < -0.4 is 0 Å². The summed E-state index contributed by atoms with van der Waals surface area (Å²) in [4.78, 5) is 2.60. The fourth-order valence-corrected chi connectivity index (χ4v) is 5.37. The van der Waals surface area contributed by atoms with Gasteiger partial charge in [0.1, 0.15) is 0 Å². The molecule has 0 unspecified atom stereocenters. The van der Waals surface area contributed by atoms with Gasteiger partial charge >= 0.3 is 0 Å². The van der Waals surface area contributed by atoms with E-state index in [1.807, 2.05) is 18.2 Å². The SMILES string of the molecule is OC[C@]12CCC[C@H](CN(CCCc3ccccc3)C1)C2=Cc1cccc(Cl)c1. The minimum atomic E-state index is -0.0871. The van der Waals surface area contributed by atoms with Crippen molar-refractivity contribution in [2.24, 2.45) is 11.3 Å². The van der Waals surface area contributed by atoms with Crippen molar-refractivity contribution in [3.05, 3.63) is 76.3 Å². The number of nitrogens with zero attached hydrogens (tertiary/aromatic N) is 1. The summed E-state index contributed by atoms with van der Waals surface area (Å²) < 4.78 is 0. The Labute approximate surface area is 173 Å². The Morgan fingerprint density at radius 3 is 2.79 bits per heavy atom. The van der Waals surface area contributed by atoms with Gasteiger partial charge in [-0.2, -0.15) is 0 Å². The van der Waals surface area contributed by atoms with Crippen LogP contribution in [0.25, 0.3) is 6.08 Å². The lowest BCUT2D eigenvalue weighted by Crippen LogP contribution is -2.53. The van der Waals surface area contributed by atoms with Crippen LogP contribution in [0.15, 0.2) is 60.2 Å². The van der Waals surface area contributed by atoms with Crippen LogP contribution in [0.2, 0.25) is 5.02 Å². The van der Waals surface area contributed by atoms with Gasteiger partial charge in [0, 0.05) is 23.5 Å².